The normalized spacial score (nSPS) is 31.9. The fraction of sp³-hybridized carbons (Fsp3) is 0.600. The highest BCUT2D eigenvalue weighted by molar-refractivity contribution is 7.99. The Morgan fingerprint density at radius 3 is 2.94 bits per heavy atom. The molecule has 0 spiro atoms. The number of hydrogen-bond acceptors (Lipinski definition) is 3. The Kier molecular flexibility index (Phi) is 3.92. The summed E-state index contributed by atoms with van der Waals surface area (Å²) in [7, 11) is 0. The van der Waals surface area contributed by atoms with E-state index < -0.39 is 0 Å². The lowest BCUT2D eigenvalue weighted by Gasteiger charge is -2.33. The van der Waals surface area contributed by atoms with Gasteiger partial charge in [0.2, 0.25) is 0 Å². The molecule has 1 aromatic rings. The van der Waals surface area contributed by atoms with Crippen molar-refractivity contribution in [2.75, 3.05) is 5.75 Å². The van der Waals surface area contributed by atoms with Gasteiger partial charge in [-0.05, 0) is 49.5 Å². The molecule has 2 nitrogen and oxygen atoms in total. The topological polar surface area (TPSA) is 32.3 Å². The van der Waals surface area contributed by atoms with Crippen molar-refractivity contribution in [3.05, 3.63) is 29.8 Å². The first kappa shape index (κ1) is 12.5. The largest absolute Gasteiger partial charge is 0.393 e. The van der Waals surface area contributed by atoms with Gasteiger partial charge in [0, 0.05) is 17.0 Å². The molecule has 0 saturated heterocycles. The van der Waals surface area contributed by atoms with E-state index in [1.54, 1.807) is 0 Å². The second-order valence-electron chi connectivity index (χ2n) is 5.41. The highest BCUT2D eigenvalue weighted by atomic mass is 32.2. The van der Waals surface area contributed by atoms with E-state index in [4.69, 9.17) is 0 Å². The molecule has 1 heterocycles. The van der Waals surface area contributed by atoms with E-state index >= 15 is 0 Å². The van der Waals surface area contributed by atoms with Crippen molar-refractivity contribution in [2.45, 2.75) is 55.2 Å². The molecule has 1 saturated carbocycles. The highest BCUT2D eigenvalue weighted by Crippen LogP contribution is 2.36. The summed E-state index contributed by atoms with van der Waals surface area (Å²) in [5.74, 6) is 1.20. The summed E-state index contributed by atoms with van der Waals surface area (Å²) in [6.45, 7) is 0. The van der Waals surface area contributed by atoms with Gasteiger partial charge in [-0.15, -0.1) is 11.8 Å². The molecule has 0 amide bonds. The highest BCUT2D eigenvalue weighted by Gasteiger charge is 2.26. The predicted octanol–water partition coefficient (Wildman–Crippen LogP) is 3.12. The molecule has 3 heteroatoms. The molecule has 3 atom stereocenters. The Morgan fingerprint density at radius 1 is 1.17 bits per heavy atom. The lowest BCUT2D eigenvalue weighted by atomic mass is 9.91. The Bertz CT molecular complexity index is 409. The lowest BCUT2D eigenvalue weighted by Crippen LogP contribution is -2.39. The molecule has 3 unspecified atom stereocenters. The second kappa shape index (κ2) is 5.64. The number of aliphatic hydroxyl groups excluding tert-OH is 1. The van der Waals surface area contributed by atoms with Gasteiger partial charge >= 0.3 is 0 Å². The Balaban J connectivity index is 1.70. The van der Waals surface area contributed by atoms with E-state index in [0.29, 0.717) is 12.1 Å². The minimum absolute atomic E-state index is 0.0931. The molecule has 1 aromatic carbocycles. The minimum atomic E-state index is -0.0931. The van der Waals surface area contributed by atoms with Crippen molar-refractivity contribution < 1.29 is 5.11 Å². The number of nitrogens with one attached hydrogen (secondary N) is 1. The average Bonchev–Trinajstić information content (AvgIpc) is 2.39. The van der Waals surface area contributed by atoms with Crippen molar-refractivity contribution in [1.82, 2.24) is 5.32 Å². The minimum Gasteiger partial charge on any atom is -0.393 e. The standard InChI is InChI=1S/C15H21NOS/c17-12-5-3-4-11(10-12)16-14-8-9-18-15-7-2-1-6-13(14)15/h1-2,6-7,11-12,14,16-17H,3-5,8-10H2. The molecule has 1 aliphatic carbocycles. The predicted molar refractivity (Wildman–Crippen MR) is 75.9 cm³/mol. The quantitative estimate of drug-likeness (QED) is 0.860. The number of thioether (sulfide) groups is 1. The third-order valence-corrected chi connectivity index (χ3v) is 5.16. The number of benzene rings is 1. The number of rotatable bonds is 2. The molecule has 18 heavy (non-hydrogen) atoms. The summed E-state index contributed by atoms with van der Waals surface area (Å²) < 4.78 is 0. The first-order chi connectivity index (χ1) is 8.83. The van der Waals surface area contributed by atoms with Gasteiger partial charge in [0.1, 0.15) is 0 Å². The maximum Gasteiger partial charge on any atom is 0.0555 e. The summed E-state index contributed by atoms with van der Waals surface area (Å²) in [6, 6.07) is 9.71. The van der Waals surface area contributed by atoms with Gasteiger partial charge in [0.25, 0.3) is 0 Å². The van der Waals surface area contributed by atoms with Crippen molar-refractivity contribution in [1.29, 1.82) is 0 Å². The van der Waals surface area contributed by atoms with Crippen LogP contribution in [0.4, 0.5) is 0 Å². The van der Waals surface area contributed by atoms with Crippen LogP contribution in [-0.4, -0.2) is 23.0 Å². The Labute approximate surface area is 113 Å². The number of fused-ring (bicyclic) bond motifs is 1. The first-order valence-corrected chi connectivity index (χ1v) is 7.97. The van der Waals surface area contributed by atoms with Crippen LogP contribution in [0, 0.1) is 0 Å². The van der Waals surface area contributed by atoms with Crippen LogP contribution in [0.5, 0.6) is 0 Å². The summed E-state index contributed by atoms with van der Waals surface area (Å²) in [5.41, 5.74) is 1.45. The molecule has 1 fully saturated rings. The van der Waals surface area contributed by atoms with Gasteiger partial charge in [-0.2, -0.15) is 0 Å². The summed E-state index contributed by atoms with van der Waals surface area (Å²) in [5, 5.41) is 13.5. The lowest BCUT2D eigenvalue weighted by molar-refractivity contribution is 0.108. The van der Waals surface area contributed by atoms with Crippen molar-refractivity contribution in [3.63, 3.8) is 0 Å². The van der Waals surface area contributed by atoms with Crippen molar-refractivity contribution in [3.8, 4) is 0 Å². The molecule has 0 radical (unpaired) electrons. The third-order valence-electron chi connectivity index (χ3n) is 4.04. The van der Waals surface area contributed by atoms with E-state index in [9.17, 15) is 5.11 Å². The van der Waals surface area contributed by atoms with Crippen molar-refractivity contribution >= 4 is 11.8 Å². The zero-order valence-electron chi connectivity index (χ0n) is 10.6. The van der Waals surface area contributed by atoms with Gasteiger partial charge in [0.05, 0.1) is 6.10 Å². The number of hydrogen-bond donors (Lipinski definition) is 2. The van der Waals surface area contributed by atoms with Crippen LogP contribution in [0.15, 0.2) is 29.2 Å². The summed E-state index contributed by atoms with van der Waals surface area (Å²) in [4.78, 5) is 1.43. The van der Waals surface area contributed by atoms with E-state index in [0.717, 1.165) is 19.3 Å². The summed E-state index contributed by atoms with van der Waals surface area (Å²) in [6.07, 6.45) is 5.38. The Hall–Kier alpha value is -0.510. The van der Waals surface area contributed by atoms with Crippen molar-refractivity contribution in [2.24, 2.45) is 0 Å². The molecule has 98 valence electrons. The van der Waals surface area contributed by atoms with Gasteiger partial charge in [-0.1, -0.05) is 18.2 Å². The van der Waals surface area contributed by atoms with Crippen LogP contribution in [0.25, 0.3) is 0 Å². The Morgan fingerprint density at radius 2 is 2.06 bits per heavy atom. The smallest absolute Gasteiger partial charge is 0.0555 e. The van der Waals surface area contributed by atoms with E-state index in [-0.39, 0.29) is 6.10 Å². The van der Waals surface area contributed by atoms with Crippen LogP contribution >= 0.6 is 11.8 Å². The van der Waals surface area contributed by atoms with Crippen LogP contribution in [0.2, 0.25) is 0 Å². The maximum atomic E-state index is 9.76. The number of aliphatic hydroxyl groups is 1. The monoisotopic (exact) mass is 263 g/mol. The van der Waals surface area contributed by atoms with E-state index in [2.05, 4.69) is 29.6 Å². The molecular weight excluding hydrogens is 242 g/mol. The maximum absolute atomic E-state index is 9.76. The van der Waals surface area contributed by atoms with Gasteiger partial charge in [-0.3, -0.25) is 0 Å². The molecule has 0 aromatic heterocycles. The molecule has 0 bridgehead atoms. The summed E-state index contributed by atoms with van der Waals surface area (Å²) >= 11 is 1.97. The molecule has 2 N–H and O–H groups in total. The van der Waals surface area contributed by atoms with E-state index in [1.165, 1.54) is 29.1 Å². The second-order valence-corrected chi connectivity index (χ2v) is 6.55. The zero-order valence-corrected chi connectivity index (χ0v) is 11.5. The van der Waals surface area contributed by atoms with Crippen LogP contribution in [0.3, 0.4) is 0 Å². The fourth-order valence-electron chi connectivity index (χ4n) is 3.12. The van der Waals surface area contributed by atoms with Gasteiger partial charge in [0.15, 0.2) is 0 Å². The molecule has 1 aliphatic heterocycles. The third kappa shape index (κ3) is 2.73. The van der Waals surface area contributed by atoms with Crippen LogP contribution in [-0.2, 0) is 0 Å². The fourth-order valence-corrected chi connectivity index (χ4v) is 4.24. The van der Waals surface area contributed by atoms with Gasteiger partial charge < -0.3 is 10.4 Å². The molecule has 3 rings (SSSR count). The van der Waals surface area contributed by atoms with E-state index in [1.807, 2.05) is 11.8 Å². The first-order valence-electron chi connectivity index (χ1n) is 6.99. The van der Waals surface area contributed by atoms with Gasteiger partial charge in [-0.25, -0.2) is 0 Å². The SMILES string of the molecule is OC1CCCC(NC2CCSc3ccccc32)C1. The molecular formula is C15H21NOS. The molecule has 2 aliphatic rings. The van der Waals surface area contributed by atoms with Crippen LogP contribution < -0.4 is 5.32 Å². The van der Waals surface area contributed by atoms with Crippen LogP contribution in [0.1, 0.15) is 43.7 Å². The zero-order chi connectivity index (χ0) is 12.4. The average molecular weight is 263 g/mol.